The fourth-order valence-electron chi connectivity index (χ4n) is 1.23. The molecule has 0 unspecified atom stereocenters. The lowest BCUT2D eigenvalue weighted by Crippen LogP contribution is -2.04. The molecule has 0 fully saturated rings. The summed E-state index contributed by atoms with van der Waals surface area (Å²) in [6, 6.07) is 0. The Labute approximate surface area is 77.7 Å². The van der Waals surface area contributed by atoms with Crippen molar-refractivity contribution in [3.63, 3.8) is 0 Å². The number of carboxylic acid groups (broad SMARTS) is 1. The van der Waals surface area contributed by atoms with Gasteiger partial charge in [0.25, 0.3) is 0 Å². The lowest BCUT2D eigenvalue weighted by molar-refractivity contribution is -0.135. The van der Waals surface area contributed by atoms with Gasteiger partial charge in [-0.15, -0.1) is 0 Å². The Bertz CT molecular complexity index is 251. The number of hydrogen-bond acceptors (Lipinski definition) is 2. The van der Waals surface area contributed by atoms with Gasteiger partial charge in [0.05, 0.1) is 0 Å². The Hall–Kier alpha value is -1.25. The highest BCUT2D eigenvalue weighted by Crippen LogP contribution is 2.21. The Morgan fingerprint density at radius 1 is 1.77 bits per heavy atom. The zero-order valence-electron chi connectivity index (χ0n) is 7.75. The summed E-state index contributed by atoms with van der Waals surface area (Å²) in [5.41, 5.74) is 0. The Morgan fingerprint density at radius 2 is 2.54 bits per heavy atom. The van der Waals surface area contributed by atoms with Gasteiger partial charge < -0.3 is 9.84 Å². The molecule has 0 saturated carbocycles. The van der Waals surface area contributed by atoms with Crippen molar-refractivity contribution in [2.24, 2.45) is 0 Å². The number of carbonyl (C=O) groups is 1. The lowest BCUT2D eigenvalue weighted by atomic mass is 10.3. The van der Waals surface area contributed by atoms with E-state index >= 15 is 0 Å². The molecule has 0 atom stereocenters. The van der Waals surface area contributed by atoms with E-state index < -0.39 is 5.97 Å². The Balaban J connectivity index is 2.57. The molecule has 1 aliphatic rings. The molecule has 1 rings (SSSR count). The van der Waals surface area contributed by atoms with Crippen molar-refractivity contribution < 1.29 is 14.6 Å². The average Bonchev–Trinajstić information content (AvgIpc) is 2.56. The molecule has 0 spiro atoms. The maximum absolute atomic E-state index is 10.7. The highest BCUT2D eigenvalue weighted by molar-refractivity contribution is 5.84. The molecule has 72 valence electrons. The molecule has 0 aromatic carbocycles. The second kappa shape index (κ2) is 4.70. The molecule has 1 aliphatic carbocycles. The molecule has 13 heavy (non-hydrogen) atoms. The van der Waals surface area contributed by atoms with Crippen LogP contribution < -0.4 is 0 Å². The zero-order valence-corrected chi connectivity index (χ0v) is 7.75. The highest BCUT2D eigenvalue weighted by Gasteiger charge is 2.13. The van der Waals surface area contributed by atoms with Gasteiger partial charge in [0.2, 0.25) is 5.76 Å². The smallest absolute Gasteiger partial charge is 0.371 e. The van der Waals surface area contributed by atoms with Crippen molar-refractivity contribution in [3.05, 3.63) is 23.7 Å². The molecular formula is C10H14O3. The first-order chi connectivity index (χ1) is 6.24. The third kappa shape index (κ3) is 2.93. The third-order valence-corrected chi connectivity index (χ3v) is 1.84. The maximum Gasteiger partial charge on any atom is 0.371 e. The van der Waals surface area contributed by atoms with E-state index in [1.807, 2.05) is 13.0 Å². The summed E-state index contributed by atoms with van der Waals surface area (Å²) >= 11 is 0. The van der Waals surface area contributed by atoms with E-state index in [0.29, 0.717) is 6.42 Å². The van der Waals surface area contributed by atoms with Gasteiger partial charge in [0, 0.05) is 6.42 Å². The van der Waals surface area contributed by atoms with Gasteiger partial charge in [0.15, 0.2) is 0 Å². The number of allylic oxidation sites excluding steroid dienone is 3. The second-order valence-corrected chi connectivity index (χ2v) is 2.95. The van der Waals surface area contributed by atoms with Crippen molar-refractivity contribution >= 4 is 5.97 Å². The van der Waals surface area contributed by atoms with E-state index in [-0.39, 0.29) is 5.76 Å². The first kappa shape index (κ1) is 9.84. The summed E-state index contributed by atoms with van der Waals surface area (Å²) in [5, 5.41) is 8.74. The van der Waals surface area contributed by atoms with Gasteiger partial charge in [-0.1, -0.05) is 6.92 Å². The molecule has 0 bridgehead atoms. The fraction of sp³-hybridized carbons (Fsp3) is 0.500. The second-order valence-electron chi connectivity index (χ2n) is 2.95. The summed E-state index contributed by atoms with van der Waals surface area (Å²) in [7, 11) is 0. The largest absolute Gasteiger partial charge is 0.475 e. The van der Waals surface area contributed by atoms with Crippen LogP contribution in [0.25, 0.3) is 0 Å². The summed E-state index contributed by atoms with van der Waals surface area (Å²) in [6.45, 7) is 1.88. The zero-order chi connectivity index (χ0) is 9.68. The molecule has 3 heteroatoms. The van der Waals surface area contributed by atoms with Gasteiger partial charge in [-0.2, -0.15) is 0 Å². The van der Waals surface area contributed by atoms with Crippen molar-refractivity contribution in [2.75, 3.05) is 0 Å². The van der Waals surface area contributed by atoms with E-state index in [1.165, 1.54) is 0 Å². The van der Waals surface area contributed by atoms with Crippen LogP contribution in [0.2, 0.25) is 0 Å². The van der Waals surface area contributed by atoms with Crippen LogP contribution in [-0.4, -0.2) is 11.1 Å². The van der Waals surface area contributed by atoms with Crippen molar-refractivity contribution in [3.8, 4) is 0 Å². The molecule has 0 saturated heterocycles. The average molecular weight is 182 g/mol. The van der Waals surface area contributed by atoms with Crippen LogP contribution in [0.15, 0.2) is 23.7 Å². The molecule has 3 nitrogen and oxygen atoms in total. The van der Waals surface area contributed by atoms with Crippen LogP contribution in [0.5, 0.6) is 0 Å². The maximum atomic E-state index is 10.7. The number of ether oxygens (including phenoxy) is 1. The van der Waals surface area contributed by atoms with Crippen LogP contribution >= 0.6 is 0 Å². The summed E-state index contributed by atoms with van der Waals surface area (Å²) < 4.78 is 5.24. The van der Waals surface area contributed by atoms with Gasteiger partial charge in [0.1, 0.15) is 5.76 Å². The summed E-state index contributed by atoms with van der Waals surface area (Å²) in [5.74, 6) is -0.146. The standard InChI is InChI=1S/C10H14O3/c1-2-5-9(10(11)12)13-8-6-3-4-7-8/h5-6H,2-4,7H2,1H3,(H,11,12)/b9-5+. The van der Waals surface area contributed by atoms with E-state index in [4.69, 9.17) is 9.84 Å². The van der Waals surface area contributed by atoms with Gasteiger partial charge in [-0.25, -0.2) is 4.79 Å². The van der Waals surface area contributed by atoms with Crippen LogP contribution in [0.1, 0.15) is 32.6 Å². The van der Waals surface area contributed by atoms with E-state index in [1.54, 1.807) is 6.08 Å². The van der Waals surface area contributed by atoms with Crippen molar-refractivity contribution in [1.82, 2.24) is 0 Å². The summed E-state index contributed by atoms with van der Waals surface area (Å²) in [6.07, 6.45) is 7.12. The Morgan fingerprint density at radius 3 is 3.00 bits per heavy atom. The van der Waals surface area contributed by atoms with E-state index in [9.17, 15) is 4.79 Å². The minimum Gasteiger partial charge on any atom is -0.475 e. The van der Waals surface area contributed by atoms with Gasteiger partial charge >= 0.3 is 5.97 Å². The van der Waals surface area contributed by atoms with Crippen LogP contribution in [0.4, 0.5) is 0 Å². The van der Waals surface area contributed by atoms with Crippen LogP contribution in [0, 0.1) is 0 Å². The number of hydrogen-bond donors (Lipinski definition) is 1. The fourth-order valence-corrected chi connectivity index (χ4v) is 1.23. The molecule has 1 N–H and O–H groups in total. The molecule has 0 aromatic rings. The highest BCUT2D eigenvalue weighted by atomic mass is 16.5. The molecule has 0 aliphatic heterocycles. The molecule has 0 heterocycles. The summed E-state index contributed by atoms with van der Waals surface area (Å²) in [4.78, 5) is 10.7. The number of rotatable bonds is 4. The third-order valence-electron chi connectivity index (χ3n) is 1.84. The quantitative estimate of drug-likeness (QED) is 0.536. The van der Waals surface area contributed by atoms with E-state index in [2.05, 4.69) is 0 Å². The first-order valence-electron chi connectivity index (χ1n) is 4.54. The van der Waals surface area contributed by atoms with Crippen molar-refractivity contribution in [2.45, 2.75) is 32.6 Å². The van der Waals surface area contributed by atoms with Crippen LogP contribution in [-0.2, 0) is 9.53 Å². The molecule has 0 radical (unpaired) electrons. The molecule has 0 amide bonds. The normalized spacial score (nSPS) is 17.0. The lowest BCUT2D eigenvalue weighted by Gasteiger charge is -2.05. The molecular weight excluding hydrogens is 168 g/mol. The molecule has 0 aromatic heterocycles. The number of aliphatic carboxylic acids is 1. The predicted molar refractivity (Wildman–Crippen MR) is 49.0 cm³/mol. The minimum atomic E-state index is -0.991. The number of carboxylic acids is 1. The monoisotopic (exact) mass is 182 g/mol. The first-order valence-corrected chi connectivity index (χ1v) is 4.54. The van der Waals surface area contributed by atoms with Crippen LogP contribution in [0.3, 0.4) is 0 Å². The minimum absolute atomic E-state index is 0.0515. The van der Waals surface area contributed by atoms with E-state index in [0.717, 1.165) is 25.0 Å². The Kier molecular flexibility index (Phi) is 3.55. The van der Waals surface area contributed by atoms with Crippen molar-refractivity contribution in [1.29, 1.82) is 0 Å². The SMILES string of the molecule is CC/C=C(/OC1=CCCC1)C(=O)O. The predicted octanol–water partition coefficient (Wildman–Crippen LogP) is 2.45. The topological polar surface area (TPSA) is 46.5 Å². The van der Waals surface area contributed by atoms with Gasteiger partial charge in [-0.3, -0.25) is 0 Å². The van der Waals surface area contributed by atoms with Gasteiger partial charge in [-0.05, 0) is 31.4 Å².